The Labute approximate surface area is 109 Å². The van der Waals surface area contributed by atoms with Crippen LogP contribution in [0.15, 0.2) is 41.6 Å². The van der Waals surface area contributed by atoms with Crippen molar-refractivity contribution in [3.8, 4) is 0 Å². The highest BCUT2D eigenvalue weighted by molar-refractivity contribution is 7.26. The molecule has 0 aliphatic rings. The van der Waals surface area contributed by atoms with Crippen LogP contribution in [0.1, 0.15) is 24.1 Å². The van der Waals surface area contributed by atoms with Gasteiger partial charge in [0.25, 0.3) is 0 Å². The largest absolute Gasteiger partial charge is 0.150 e. The van der Waals surface area contributed by atoms with Gasteiger partial charge in [-0.25, -0.2) is 0 Å². The minimum atomic E-state index is -0.285. The summed E-state index contributed by atoms with van der Waals surface area (Å²) in [4.78, 5) is 10.7. The topological polar surface area (TPSA) is 29.4 Å². The summed E-state index contributed by atoms with van der Waals surface area (Å²) in [6, 6.07) is 12.3. The highest BCUT2D eigenvalue weighted by Gasteiger charge is 2.12. The lowest BCUT2D eigenvalue weighted by molar-refractivity contribution is 0.812. The molecule has 90 valence electrons. The molecule has 3 aromatic rings. The van der Waals surface area contributed by atoms with Crippen LogP contribution in [-0.4, -0.2) is 0 Å². The highest BCUT2D eigenvalue weighted by atomic mass is 32.1. The molecule has 2 nitrogen and oxygen atoms in total. The number of thiophene rings is 1. The van der Waals surface area contributed by atoms with Crippen molar-refractivity contribution in [2.24, 2.45) is 5.18 Å². The van der Waals surface area contributed by atoms with Gasteiger partial charge >= 0.3 is 0 Å². The normalized spacial score (nSPS) is 13.0. The maximum Gasteiger partial charge on any atom is 0.114 e. The summed E-state index contributed by atoms with van der Waals surface area (Å²) in [5.41, 5.74) is 2.22. The smallest absolute Gasteiger partial charge is 0.114 e. The summed E-state index contributed by atoms with van der Waals surface area (Å²) in [6.45, 7) is 3.93. The third-order valence-corrected chi connectivity index (χ3v) is 4.65. The summed E-state index contributed by atoms with van der Waals surface area (Å²) in [7, 11) is 0. The van der Waals surface area contributed by atoms with Crippen LogP contribution >= 0.6 is 11.3 Å². The van der Waals surface area contributed by atoms with Crippen LogP contribution in [0.5, 0.6) is 0 Å². The Morgan fingerprint density at radius 3 is 2.72 bits per heavy atom. The molecule has 0 amide bonds. The van der Waals surface area contributed by atoms with Gasteiger partial charge in [-0.05, 0) is 37.1 Å². The van der Waals surface area contributed by atoms with Gasteiger partial charge in [0.05, 0.1) is 0 Å². The molecule has 3 heteroatoms. The number of rotatable bonds is 2. The molecule has 0 saturated heterocycles. The van der Waals surface area contributed by atoms with Gasteiger partial charge in [-0.15, -0.1) is 11.3 Å². The Morgan fingerprint density at radius 1 is 1.17 bits per heavy atom. The van der Waals surface area contributed by atoms with Crippen molar-refractivity contribution in [3.63, 3.8) is 0 Å². The van der Waals surface area contributed by atoms with E-state index in [2.05, 4.69) is 48.5 Å². The summed E-state index contributed by atoms with van der Waals surface area (Å²) in [5.74, 6) is 0. The molecule has 3 rings (SSSR count). The standard InChI is InChI=1S/C15H13NOS/c1-9-7-11(10(2)16-17)8-13-12-5-3-4-6-14(12)18-15(9)13/h3-8,10H,1-2H3. The second-order valence-electron chi connectivity index (χ2n) is 4.59. The van der Waals surface area contributed by atoms with Crippen LogP contribution in [-0.2, 0) is 0 Å². The molecular formula is C15H13NOS. The molecule has 0 aliphatic carbocycles. The molecule has 1 aromatic heterocycles. The molecule has 0 fully saturated rings. The number of benzene rings is 2. The maximum atomic E-state index is 10.7. The maximum absolute atomic E-state index is 10.7. The fraction of sp³-hybridized carbons (Fsp3) is 0.200. The van der Waals surface area contributed by atoms with Gasteiger partial charge < -0.3 is 0 Å². The van der Waals surface area contributed by atoms with Crippen LogP contribution in [0.3, 0.4) is 0 Å². The van der Waals surface area contributed by atoms with Crippen LogP contribution in [0.4, 0.5) is 0 Å². The van der Waals surface area contributed by atoms with E-state index < -0.39 is 0 Å². The van der Waals surface area contributed by atoms with Crippen molar-refractivity contribution in [3.05, 3.63) is 52.4 Å². The lowest BCUT2D eigenvalue weighted by Crippen LogP contribution is -1.89. The SMILES string of the molecule is Cc1cc(C(C)N=O)cc2c1sc1ccccc12. The van der Waals surface area contributed by atoms with Crippen LogP contribution in [0.25, 0.3) is 20.2 Å². The molecule has 0 spiro atoms. The summed E-state index contributed by atoms with van der Waals surface area (Å²) >= 11 is 1.81. The van der Waals surface area contributed by atoms with E-state index in [1.54, 1.807) is 0 Å². The van der Waals surface area contributed by atoms with Gasteiger partial charge in [0.2, 0.25) is 0 Å². The Bertz CT molecular complexity index is 745. The fourth-order valence-electron chi connectivity index (χ4n) is 2.33. The Morgan fingerprint density at radius 2 is 1.94 bits per heavy atom. The van der Waals surface area contributed by atoms with Gasteiger partial charge in [-0.2, -0.15) is 4.91 Å². The summed E-state index contributed by atoms with van der Waals surface area (Å²) < 4.78 is 2.59. The molecule has 0 N–H and O–H groups in total. The van der Waals surface area contributed by atoms with Crippen LogP contribution in [0, 0.1) is 11.8 Å². The second-order valence-corrected chi connectivity index (χ2v) is 5.65. The van der Waals surface area contributed by atoms with Crippen LogP contribution in [0.2, 0.25) is 0 Å². The van der Waals surface area contributed by atoms with Crippen molar-refractivity contribution in [2.75, 3.05) is 0 Å². The van der Waals surface area contributed by atoms with Gasteiger partial charge in [-0.3, -0.25) is 0 Å². The molecule has 1 unspecified atom stereocenters. The molecule has 1 atom stereocenters. The van der Waals surface area contributed by atoms with Crippen molar-refractivity contribution in [1.82, 2.24) is 0 Å². The van der Waals surface area contributed by atoms with Gasteiger partial charge in [-0.1, -0.05) is 29.4 Å². The first kappa shape index (κ1) is 11.4. The summed E-state index contributed by atoms with van der Waals surface area (Å²) in [6.07, 6.45) is 0. The van der Waals surface area contributed by atoms with E-state index in [1.165, 1.54) is 25.7 Å². The quantitative estimate of drug-likeness (QED) is 0.579. The minimum absolute atomic E-state index is 0.285. The Balaban J connectivity index is 2.40. The first-order valence-corrected chi connectivity index (χ1v) is 6.76. The molecule has 0 saturated carbocycles. The molecule has 2 aromatic carbocycles. The van der Waals surface area contributed by atoms with Gasteiger partial charge in [0.15, 0.2) is 0 Å². The van der Waals surface area contributed by atoms with E-state index in [9.17, 15) is 4.91 Å². The third-order valence-electron chi connectivity index (χ3n) is 3.33. The monoisotopic (exact) mass is 255 g/mol. The molecule has 18 heavy (non-hydrogen) atoms. The number of nitrogens with zero attached hydrogens (tertiary/aromatic N) is 1. The van der Waals surface area contributed by atoms with Crippen LogP contribution < -0.4 is 0 Å². The predicted octanol–water partition coefficient (Wildman–Crippen LogP) is 5.19. The molecule has 0 bridgehead atoms. The molecule has 1 heterocycles. The van der Waals surface area contributed by atoms with Crippen molar-refractivity contribution < 1.29 is 0 Å². The molecule has 0 radical (unpaired) electrons. The first-order chi connectivity index (χ1) is 8.70. The van der Waals surface area contributed by atoms with E-state index in [-0.39, 0.29) is 6.04 Å². The number of fused-ring (bicyclic) bond motifs is 3. The zero-order chi connectivity index (χ0) is 12.7. The van der Waals surface area contributed by atoms with Crippen molar-refractivity contribution >= 4 is 31.5 Å². The zero-order valence-electron chi connectivity index (χ0n) is 10.3. The fourth-order valence-corrected chi connectivity index (χ4v) is 3.48. The van der Waals surface area contributed by atoms with E-state index in [1.807, 2.05) is 18.3 Å². The first-order valence-electron chi connectivity index (χ1n) is 5.95. The average Bonchev–Trinajstić information content (AvgIpc) is 2.77. The third kappa shape index (κ3) is 1.63. The van der Waals surface area contributed by atoms with Crippen molar-refractivity contribution in [1.29, 1.82) is 0 Å². The lowest BCUT2D eigenvalue weighted by Gasteiger charge is -2.05. The minimum Gasteiger partial charge on any atom is -0.150 e. The number of hydrogen-bond acceptors (Lipinski definition) is 3. The average molecular weight is 255 g/mol. The molecule has 0 aliphatic heterocycles. The zero-order valence-corrected chi connectivity index (χ0v) is 11.1. The van der Waals surface area contributed by atoms with Gasteiger partial charge in [0.1, 0.15) is 6.04 Å². The highest BCUT2D eigenvalue weighted by Crippen LogP contribution is 2.37. The van der Waals surface area contributed by atoms with E-state index in [4.69, 9.17) is 0 Å². The van der Waals surface area contributed by atoms with Crippen molar-refractivity contribution in [2.45, 2.75) is 19.9 Å². The Hall–Kier alpha value is -1.74. The van der Waals surface area contributed by atoms with E-state index >= 15 is 0 Å². The van der Waals surface area contributed by atoms with E-state index in [0.29, 0.717) is 0 Å². The Kier molecular flexibility index (Phi) is 2.63. The van der Waals surface area contributed by atoms with E-state index in [0.717, 1.165) is 5.56 Å². The predicted molar refractivity (Wildman–Crippen MR) is 78.3 cm³/mol. The summed E-state index contributed by atoms with van der Waals surface area (Å²) in [5, 5.41) is 5.63. The van der Waals surface area contributed by atoms with Gasteiger partial charge in [0, 0.05) is 20.2 Å². The molecular weight excluding hydrogens is 242 g/mol. The lowest BCUT2D eigenvalue weighted by atomic mass is 10.0. The number of aryl methyl sites for hydroxylation is 1. The number of nitroso groups, excluding NO2 is 1. The number of hydrogen-bond donors (Lipinski definition) is 0. The second kappa shape index (κ2) is 4.18.